The van der Waals surface area contributed by atoms with Gasteiger partial charge in [0.25, 0.3) is 6.01 Å². The van der Waals surface area contributed by atoms with Crippen molar-refractivity contribution in [3.63, 3.8) is 0 Å². The first kappa shape index (κ1) is 15.3. The van der Waals surface area contributed by atoms with E-state index in [1.807, 2.05) is 4.57 Å². The van der Waals surface area contributed by atoms with E-state index in [0.717, 1.165) is 32.2 Å². The van der Waals surface area contributed by atoms with Gasteiger partial charge in [0, 0.05) is 6.54 Å². The van der Waals surface area contributed by atoms with Crippen molar-refractivity contribution < 1.29 is 9.47 Å². The molecule has 2 N–H and O–H groups in total. The van der Waals surface area contributed by atoms with E-state index < -0.39 is 0 Å². The van der Waals surface area contributed by atoms with E-state index in [0.29, 0.717) is 35.6 Å². The number of nitrogen functional groups attached to an aromatic ring is 1. The molecule has 0 amide bonds. The van der Waals surface area contributed by atoms with Gasteiger partial charge in [0.05, 0.1) is 13.7 Å². The molecule has 0 radical (unpaired) electrons. The van der Waals surface area contributed by atoms with Crippen molar-refractivity contribution in [2.24, 2.45) is 0 Å². The molecule has 0 aliphatic rings. The Morgan fingerprint density at radius 2 is 1.86 bits per heavy atom. The number of hydrogen-bond acceptors (Lipinski definition) is 6. The first-order valence-corrected chi connectivity index (χ1v) is 7.41. The quantitative estimate of drug-likeness (QED) is 0.752. The number of methoxy groups -OCH3 is 1. The van der Waals surface area contributed by atoms with Crippen LogP contribution >= 0.6 is 0 Å². The molecule has 0 unspecified atom stereocenters. The number of fused-ring (bicyclic) bond motifs is 1. The third-order valence-corrected chi connectivity index (χ3v) is 3.21. The normalized spacial score (nSPS) is 11.0. The van der Waals surface area contributed by atoms with Gasteiger partial charge in [-0.2, -0.15) is 15.0 Å². The highest BCUT2D eigenvalue weighted by Gasteiger charge is 2.17. The molecular formula is C14H23N5O2. The molecule has 0 aromatic carbocycles. The monoisotopic (exact) mass is 293 g/mol. The van der Waals surface area contributed by atoms with Gasteiger partial charge in [-0.05, 0) is 12.8 Å². The third-order valence-electron chi connectivity index (χ3n) is 3.21. The summed E-state index contributed by atoms with van der Waals surface area (Å²) in [5, 5.41) is 0. The Kier molecular flexibility index (Phi) is 5.19. The molecule has 0 atom stereocenters. The molecule has 2 aromatic heterocycles. The van der Waals surface area contributed by atoms with E-state index in [1.165, 1.54) is 0 Å². The van der Waals surface area contributed by atoms with Crippen molar-refractivity contribution in [2.75, 3.05) is 19.5 Å². The zero-order chi connectivity index (χ0) is 15.2. The van der Waals surface area contributed by atoms with Crippen molar-refractivity contribution in [2.45, 2.75) is 46.1 Å². The fourth-order valence-electron chi connectivity index (χ4n) is 2.03. The van der Waals surface area contributed by atoms with Gasteiger partial charge in [-0.15, -0.1) is 0 Å². The lowest BCUT2D eigenvalue weighted by molar-refractivity contribution is 0.286. The maximum absolute atomic E-state index is 5.96. The fraction of sp³-hybridized carbons (Fsp3) is 0.643. The van der Waals surface area contributed by atoms with Crippen LogP contribution in [0.15, 0.2) is 0 Å². The fourth-order valence-corrected chi connectivity index (χ4v) is 2.03. The summed E-state index contributed by atoms with van der Waals surface area (Å²) in [4.78, 5) is 12.9. The third kappa shape index (κ3) is 3.34. The zero-order valence-corrected chi connectivity index (χ0v) is 12.9. The minimum atomic E-state index is 0.300. The van der Waals surface area contributed by atoms with Gasteiger partial charge in [-0.3, -0.25) is 4.57 Å². The highest BCUT2D eigenvalue weighted by Crippen LogP contribution is 2.25. The summed E-state index contributed by atoms with van der Waals surface area (Å²) in [5.74, 6) is 0.319. The molecular weight excluding hydrogens is 270 g/mol. The van der Waals surface area contributed by atoms with Gasteiger partial charge in [-0.25, -0.2) is 0 Å². The Hall–Kier alpha value is -2.05. The predicted octanol–water partition coefficient (Wildman–Crippen LogP) is 2.40. The largest absolute Gasteiger partial charge is 0.468 e. The van der Waals surface area contributed by atoms with E-state index in [2.05, 4.69) is 28.8 Å². The van der Waals surface area contributed by atoms with Crippen LogP contribution in [0.5, 0.6) is 12.0 Å². The first-order chi connectivity index (χ1) is 10.2. The Balaban J connectivity index is 2.38. The molecule has 0 spiro atoms. The molecule has 0 bridgehead atoms. The number of hydrogen-bond donors (Lipinski definition) is 1. The molecule has 2 heterocycles. The van der Waals surface area contributed by atoms with E-state index in [1.54, 1.807) is 7.11 Å². The smallest absolute Gasteiger partial charge is 0.320 e. The second-order valence-corrected chi connectivity index (χ2v) is 4.87. The number of unbranched alkanes of at least 4 members (excludes halogenated alkanes) is 2. The van der Waals surface area contributed by atoms with E-state index >= 15 is 0 Å². The average molecular weight is 293 g/mol. The number of imidazole rings is 1. The summed E-state index contributed by atoms with van der Waals surface area (Å²) in [6.07, 6.45) is 4.10. The molecule has 0 aliphatic heterocycles. The number of nitrogens with zero attached hydrogens (tertiary/aromatic N) is 4. The van der Waals surface area contributed by atoms with Crippen LogP contribution in [0.3, 0.4) is 0 Å². The standard InChI is InChI=1S/C14H23N5O2/c1-4-6-8-19-12-10(16-14(19)20-3)11(15)17-13(18-12)21-9-7-5-2/h4-9H2,1-3H3,(H2,15,17,18). The maximum atomic E-state index is 5.96. The van der Waals surface area contributed by atoms with Crippen molar-refractivity contribution in [1.29, 1.82) is 0 Å². The number of ether oxygens (including phenoxy) is 2. The Morgan fingerprint density at radius 3 is 2.52 bits per heavy atom. The highest BCUT2D eigenvalue weighted by molar-refractivity contribution is 5.83. The molecule has 2 rings (SSSR count). The molecule has 0 saturated carbocycles. The van der Waals surface area contributed by atoms with Crippen LogP contribution < -0.4 is 15.2 Å². The lowest BCUT2D eigenvalue weighted by Crippen LogP contribution is -2.06. The van der Waals surface area contributed by atoms with Gasteiger partial charge < -0.3 is 15.2 Å². The summed E-state index contributed by atoms with van der Waals surface area (Å²) >= 11 is 0. The second-order valence-electron chi connectivity index (χ2n) is 4.87. The minimum absolute atomic E-state index is 0.300. The van der Waals surface area contributed by atoms with Gasteiger partial charge in [-0.1, -0.05) is 26.7 Å². The number of rotatable bonds is 8. The van der Waals surface area contributed by atoms with Crippen LogP contribution in [0.2, 0.25) is 0 Å². The van der Waals surface area contributed by atoms with Crippen LogP contribution in [0.1, 0.15) is 39.5 Å². The molecule has 116 valence electrons. The van der Waals surface area contributed by atoms with Crippen LogP contribution in [0.4, 0.5) is 5.82 Å². The van der Waals surface area contributed by atoms with Gasteiger partial charge in [0.2, 0.25) is 0 Å². The van der Waals surface area contributed by atoms with Crippen LogP contribution in [-0.4, -0.2) is 33.2 Å². The molecule has 7 nitrogen and oxygen atoms in total. The van der Waals surface area contributed by atoms with Gasteiger partial charge in [0.15, 0.2) is 17.0 Å². The maximum Gasteiger partial charge on any atom is 0.320 e. The lowest BCUT2D eigenvalue weighted by atomic mass is 10.3. The number of aromatic nitrogens is 4. The SMILES string of the molecule is CCCCOc1nc(N)c2nc(OC)n(CCCC)c2n1. The minimum Gasteiger partial charge on any atom is -0.468 e. The summed E-state index contributed by atoms with van der Waals surface area (Å²) in [6, 6.07) is 0.805. The van der Waals surface area contributed by atoms with E-state index in [4.69, 9.17) is 15.2 Å². The summed E-state index contributed by atoms with van der Waals surface area (Å²) in [6.45, 7) is 5.60. The van der Waals surface area contributed by atoms with Gasteiger partial charge >= 0.3 is 6.01 Å². The predicted molar refractivity (Wildman–Crippen MR) is 81.6 cm³/mol. The average Bonchev–Trinajstić information content (AvgIpc) is 2.84. The lowest BCUT2D eigenvalue weighted by Gasteiger charge is -2.07. The highest BCUT2D eigenvalue weighted by atomic mass is 16.5. The molecule has 2 aromatic rings. The van der Waals surface area contributed by atoms with Crippen molar-refractivity contribution in [1.82, 2.24) is 19.5 Å². The number of nitrogens with two attached hydrogens (primary N) is 1. The Bertz CT molecular complexity index is 597. The molecule has 0 aliphatic carbocycles. The topological polar surface area (TPSA) is 88.1 Å². The Morgan fingerprint density at radius 1 is 1.10 bits per heavy atom. The molecule has 0 saturated heterocycles. The summed E-state index contributed by atoms with van der Waals surface area (Å²) < 4.78 is 12.8. The van der Waals surface area contributed by atoms with Crippen LogP contribution in [0, 0.1) is 0 Å². The number of aryl methyl sites for hydroxylation is 1. The molecule has 21 heavy (non-hydrogen) atoms. The van der Waals surface area contributed by atoms with Crippen molar-refractivity contribution >= 4 is 17.0 Å². The molecule has 7 heteroatoms. The van der Waals surface area contributed by atoms with Crippen LogP contribution in [-0.2, 0) is 6.54 Å². The molecule has 0 fully saturated rings. The van der Waals surface area contributed by atoms with Crippen molar-refractivity contribution in [3.05, 3.63) is 0 Å². The van der Waals surface area contributed by atoms with E-state index in [-0.39, 0.29) is 0 Å². The van der Waals surface area contributed by atoms with Crippen molar-refractivity contribution in [3.8, 4) is 12.0 Å². The number of anilines is 1. The van der Waals surface area contributed by atoms with Gasteiger partial charge in [0.1, 0.15) is 0 Å². The zero-order valence-electron chi connectivity index (χ0n) is 12.9. The van der Waals surface area contributed by atoms with E-state index in [9.17, 15) is 0 Å². The Labute approximate surface area is 124 Å². The second kappa shape index (κ2) is 7.10. The summed E-state index contributed by atoms with van der Waals surface area (Å²) in [5.41, 5.74) is 7.19. The summed E-state index contributed by atoms with van der Waals surface area (Å²) in [7, 11) is 1.59. The van der Waals surface area contributed by atoms with Crippen LogP contribution in [0.25, 0.3) is 11.2 Å². The first-order valence-electron chi connectivity index (χ1n) is 7.41.